The van der Waals surface area contributed by atoms with Crippen LogP contribution in [0, 0.1) is 5.92 Å². The highest BCUT2D eigenvalue weighted by molar-refractivity contribution is 5.81. The molecule has 3 heteroatoms. The number of hydrogen-bond acceptors (Lipinski definition) is 3. The second kappa shape index (κ2) is 4.04. The van der Waals surface area contributed by atoms with Gasteiger partial charge in [0.05, 0.1) is 6.21 Å². The molecular formula is C9H13NO2. The minimum Gasteiger partial charge on any atom is -0.411 e. The summed E-state index contributed by atoms with van der Waals surface area (Å²) < 4.78 is 0. The van der Waals surface area contributed by atoms with Crippen molar-refractivity contribution >= 4 is 12.0 Å². The zero-order valence-corrected chi connectivity index (χ0v) is 7.16. The van der Waals surface area contributed by atoms with E-state index in [-0.39, 0.29) is 11.7 Å². The molecule has 1 unspecified atom stereocenters. The van der Waals surface area contributed by atoms with Crippen molar-refractivity contribution in [3.05, 3.63) is 11.6 Å². The fourth-order valence-corrected chi connectivity index (χ4v) is 1.42. The predicted octanol–water partition coefficient (Wildman–Crippen LogP) is 1.76. The van der Waals surface area contributed by atoms with Crippen molar-refractivity contribution in [3.8, 4) is 0 Å². The summed E-state index contributed by atoms with van der Waals surface area (Å²) in [6.07, 6.45) is 5.92. The number of carbonyl (C=O) groups excluding carboxylic acids is 1. The first-order valence-corrected chi connectivity index (χ1v) is 4.11. The molecule has 66 valence electrons. The van der Waals surface area contributed by atoms with Gasteiger partial charge in [0.1, 0.15) is 5.78 Å². The maximum Gasteiger partial charge on any atom is 0.133 e. The molecule has 1 atom stereocenters. The van der Waals surface area contributed by atoms with Crippen LogP contribution >= 0.6 is 0 Å². The van der Waals surface area contributed by atoms with E-state index in [1.807, 2.05) is 6.08 Å². The number of rotatable bonds is 2. The molecule has 0 aromatic carbocycles. The molecule has 0 aliphatic heterocycles. The van der Waals surface area contributed by atoms with E-state index in [1.54, 1.807) is 6.92 Å². The Kier molecular flexibility index (Phi) is 3.02. The van der Waals surface area contributed by atoms with E-state index in [0.717, 1.165) is 24.8 Å². The summed E-state index contributed by atoms with van der Waals surface area (Å²) in [4.78, 5) is 11.0. The first-order chi connectivity index (χ1) is 5.74. The number of allylic oxidation sites excluding steroid dienone is 2. The van der Waals surface area contributed by atoms with Gasteiger partial charge in [-0.25, -0.2) is 0 Å². The van der Waals surface area contributed by atoms with Crippen molar-refractivity contribution in [3.63, 3.8) is 0 Å². The number of oxime groups is 1. The van der Waals surface area contributed by atoms with Crippen LogP contribution in [0.3, 0.4) is 0 Å². The highest BCUT2D eigenvalue weighted by atomic mass is 16.4. The van der Waals surface area contributed by atoms with Crippen LogP contribution < -0.4 is 0 Å². The second-order valence-electron chi connectivity index (χ2n) is 3.11. The summed E-state index contributed by atoms with van der Waals surface area (Å²) in [5.74, 6) is 0.437. The molecule has 0 aromatic rings. The molecule has 0 amide bonds. The van der Waals surface area contributed by atoms with E-state index in [2.05, 4.69) is 5.16 Å². The maximum atomic E-state index is 11.0. The molecule has 1 aliphatic rings. The standard InChI is InChI=1S/C9H13NO2/c1-7(11)9-4-2-8(3-5-9)6-10-12/h2,6,9,12H,3-5H2,1H3. The largest absolute Gasteiger partial charge is 0.411 e. The SMILES string of the molecule is CC(=O)C1CC=C(C=NO)CC1. The number of ketones is 1. The number of carbonyl (C=O) groups is 1. The van der Waals surface area contributed by atoms with E-state index >= 15 is 0 Å². The second-order valence-corrected chi connectivity index (χ2v) is 3.11. The lowest BCUT2D eigenvalue weighted by Crippen LogP contribution is -2.14. The Morgan fingerprint density at radius 2 is 2.58 bits per heavy atom. The van der Waals surface area contributed by atoms with E-state index in [1.165, 1.54) is 6.21 Å². The summed E-state index contributed by atoms with van der Waals surface area (Å²) in [5, 5.41) is 11.2. The summed E-state index contributed by atoms with van der Waals surface area (Å²) in [7, 11) is 0. The maximum absolute atomic E-state index is 11.0. The van der Waals surface area contributed by atoms with Crippen molar-refractivity contribution in [1.29, 1.82) is 0 Å². The van der Waals surface area contributed by atoms with Crippen LogP contribution in [0.15, 0.2) is 16.8 Å². The summed E-state index contributed by atoms with van der Waals surface area (Å²) in [5.41, 5.74) is 1.02. The zero-order chi connectivity index (χ0) is 8.97. The van der Waals surface area contributed by atoms with Gasteiger partial charge < -0.3 is 5.21 Å². The minimum atomic E-state index is 0.181. The average Bonchev–Trinajstić information content (AvgIpc) is 2.06. The zero-order valence-electron chi connectivity index (χ0n) is 7.16. The Bertz CT molecular complexity index is 231. The molecule has 0 fully saturated rings. The van der Waals surface area contributed by atoms with Crippen molar-refractivity contribution < 1.29 is 10.0 Å². The van der Waals surface area contributed by atoms with Crippen LogP contribution in [-0.4, -0.2) is 17.2 Å². The lowest BCUT2D eigenvalue weighted by molar-refractivity contribution is -0.120. The Morgan fingerprint density at radius 1 is 1.83 bits per heavy atom. The van der Waals surface area contributed by atoms with Gasteiger partial charge in [0.2, 0.25) is 0 Å². The van der Waals surface area contributed by atoms with Crippen LogP contribution in [0.4, 0.5) is 0 Å². The van der Waals surface area contributed by atoms with Crippen LogP contribution in [0.2, 0.25) is 0 Å². The Balaban J connectivity index is 2.53. The summed E-state index contributed by atoms with van der Waals surface area (Å²) >= 11 is 0. The topological polar surface area (TPSA) is 49.7 Å². The number of nitrogens with zero attached hydrogens (tertiary/aromatic N) is 1. The lowest BCUT2D eigenvalue weighted by atomic mass is 9.88. The average molecular weight is 167 g/mol. The molecule has 0 radical (unpaired) electrons. The van der Waals surface area contributed by atoms with E-state index in [9.17, 15) is 4.79 Å². The third-order valence-corrected chi connectivity index (χ3v) is 2.24. The predicted molar refractivity (Wildman–Crippen MR) is 46.4 cm³/mol. The molecule has 1 N–H and O–H groups in total. The monoisotopic (exact) mass is 167 g/mol. The smallest absolute Gasteiger partial charge is 0.133 e. The van der Waals surface area contributed by atoms with Crippen molar-refractivity contribution in [2.24, 2.45) is 11.1 Å². The van der Waals surface area contributed by atoms with E-state index < -0.39 is 0 Å². The highest BCUT2D eigenvalue weighted by Crippen LogP contribution is 2.22. The third-order valence-electron chi connectivity index (χ3n) is 2.24. The molecule has 0 saturated carbocycles. The lowest BCUT2D eigenvalue weighted by Gasteiger charge is -2.16. The first kappa shape index (κ1) is 8.97. The highest BCUT2D eigenvalue weighted by Gasteiger charge is 2.17. The Labute approximate surface area is 71.8 Å². The molecule has 0 heterocycles. The van der Waals surface area contributed by atoms with Gasteiger partial charge in [-0.05, 0) is 31.8 Å². The molecule has 1 aliphatic carbocycles. The van der Waals surface area contributed by atoms with Crippen molar-refractivity contribution in [1.82, 2.24) is 0 Å². The quantitative estimate of drug-likeness (QED) is 0.387. The minimum absolute atomic E-state index is 0.181. The molecular weight excluding hydrogens is 154 g/mol. The van der Waals surface area contributed by atoms with Crippen molar-refractivity contribution in [2.45, 2.75) is 26.2 Å². The van der Waals surface area contributed by atoms with Gasteiger partial charge in [0.15, 0.2) is 0 Å². The fraction of sp³-hybridized carbons (Fsp3) is 0.556. The van der Waals surface area contributed by atoms with Gasteiger partial charge in [0, 0.05) is 5.92 Å². The molecule has 12 heavy (non-hydrogen) atoms. The van der Waals surface area contributed by atoms with Crippen LogP contribution in [-0.2, 0) is 4.79 Å². The van der Waals surface area contributed by atoms with Gasteiger partial charge in [-0.15, -0.1) is 0 Å². The van der Waals surface area contributed by atoms with Gasteiger partial charge in [-0.3, -0.25) is 4.79 Å². The Hall–Kier alpha value is -1.12. The molecule has 0 spiro atoms. The van der Waals surface area contributed by atoms with Crippen LogP contribution in [0.5, 0.6) is 0 Å². The number of Topliss-reactive ketones (excluding diaryl/α,β-unsaturated/α-hetero) is 1. The molecule has 3 nitrogen and oxygen atoms in total. The van der Waals surface area contributed by atoms with Gasteiger partial charge in [0.25, 0.3) is 0 Å². The first-order valence-electron chi connectivity index (χ1n) is 4.11. The van der Waals surface area contributed by atoms with Gasteiger partial charge >= 0.3 is 0 Å². The van der Waals surface area contributed by atoms with Crippen molar-refractivity contribution in [2.75, 3.05) is 0 Å². The summed E-state index contributed by atoms with van der Waals surface area (Å²) in [6.45, 7) is 1.63. The molecule has 1 rings (SSSR count). The molecule has 0 bridgehead atoms. The van der Waals surface area contributed by atoms with Crippen LogP contribution in [0.25, 0.3) is 0 Å². The normalized spacial score (nSPS) is 24.1. The van der Waals surface area contributed by atoms with Crippen LogP contribution in [0.1, 0.15) is 26.2 Å². The molecule has 0 aromatic heterocycles. The summed E-state index contributed by atoms with van der Waals surface area (Å²) in [6, 6.07) is 0. The Morgan fingerprint density at radius 3 is 3.00 bits per heavy atom. The van der Waals surface area contributed by atoms with Gasteiger partial charge in [-0.1, -0.05) is 11.2 Å². The third kappa shape index (κ3) is 2.19. The van der Waals surface area contributed by atoms with E-state index in [4.69, 9.17) is 5.21 Å². The fourth-order valence-electron chi connectivity index (χ4n) is 1.42. The van der Waals surface area contributed by atoms with Gasteiger partial charge in [-0.2, -0.15) is 0 Å². The van der Waals surface area contributed by atoms with E-state index in [0.29, 0.717) is 0 Å². The number of hydrogen-bond donors (Lipinski definition) is 1. The molecule has 0 saturated heterocycles.